The van der Waals surface area contributed by atoms with Crippen molar-refractivity contribution < 1.29 is 9.53 Å². The van der Waals surface area contributed by atoms with Gasteiger partial charge in [-0.15, -0.1) is 0 Å². The molecule has 0 radical (unpaired) electrons. The lowest BCUT2D eigenvalue weighted by atomic mass is 9.99. The zero-order valence-electron chi connectivity index (χ0n) is 9.79. The molecule has 1 rings (SSSR count). The summed E-state index contributed by atoms with van der Waals surface area (Å²) in [6.07, 6.45) is 2.89. The minimum atomic E-state index is 0.139. The highest BCUT2D eigenvalue weighted by Crippen LogP contribution is 2.11. The summed E-state index contributed by atoms with van der Waals surface area (Å²) < 4.78 is 5.52. The van der Waals surface area contributed by atoms with Gasteiger partial charge in [0, 0.05) is 20.7 Å². The number of nitrogens with zero attached hydrogens (tertiary/aromatic N) is 1. The minimum Gasteiger partial charge on any atom is -0.381 e. The second kappa shape index (κ2) is 6.80. The van der Waals surface area contributed by atoms with Gasteiger partial charge in [-0.1, -0.05) is 0 Å². The first-order valence-electron chi connectivity index (χ1n) is 5.68. The first-order valence-corrected chi connectivity index (χ1v) is 5.68. The van der Waals surface area contributed by atoms with Crippen LogP contribution >= 0.6 is 0 Å². The summed E-state index contributed by atoms with van der Waals surface area (Å²) in [6, 6.07) is 0. The minimum absolute atomic E-state index is 0.139. The number of hydrogen-bond acceptors (Lipinski definition) is 3. The van der Waals surface area contributed by atoms with Gasteiger partial charge in [-0.2, -0.15) is 0 Å². The SMILES string of the molecule is CN(C)C(=O)CCOCC1CCNCC1. The molecule has 0 unspecified atom stereocenters. The Bertz CT molecular complexity index is 189. The molecule has 1 amide bonds. The van der Waals surface area contributed by atoms with E-state index in [4.69, 9.17) is 4.74 Å². The van der Waals surface area contributed by atoms with E-state index in [9.17, 15) is 4.79 Å². The van der Waals surface area contributed by atoms with E-state index >= 15 is 0 Å². The summed E-state index contributed by atoms with van der Waals surface area (Å²) in [7, 11) is 3.55. The first-order chi connectivity index (χ1) is 7.20. The van der Waals surface area contributed by atoms with E-state index in [2.05, 4.69) is 5.32 Å². The van der Waals surface area contributed by atoms with Crippen molar-refractivity contribution in [3.63, 3.8) is 0 Å². The number of amides is 1. The Morgan fingerprint density at radius 1 is 1.40 bits per heavy atom. The summed E-state index contributed by atoms with van der Waals surface area (Å²) in [5.74, 6) is 0.820. The van der Waals surface area contributed by atoms with Crippen molar-refractivity contribution in [3.8, 4) is 0 Å². The molecule has 0 aliphatic carbocycles. The van der Waals surface area contributed by atoms with Crippen LogP contribution in [0, 0.1) is 5.92 Å². The van der Waals surface area contributed by atoms with Crippen LogP contribution in [0.25, 0.3) is 0 Å². The molecule has 88 valence electrons. The summed E-state index contributed by atoms with van der Waals surface area (Å²) in [4.78, 5) is 12.8. The lowest BCUT2D eigenvalue weighted by Crippen LogP contribution is -2.30. The third kappa shape index (κ3) is 5.14. The van der Waals surface area contributed by atoms with Crippen LogP contribution in [-0.2, 0) is 9.53 Å². The lowest BCUT2D eigenvalue weighted by Gasteiger charge is -2.22. The summed E-state index contributed by atoms with van der Waals surface area (Å²) in [6.45, 7) is 3.57. The number of ether oxygens (including phenoxy) is 1. The maximum atomic E-state index is 11.2. The molecule has 0 spiro atoms. The van der Waals surface area contributed by atoms with Crippen LogP contribution in [0.5, 0.6) is 0 Å². The van der Waals surface area contributed by atoms with E-state index in [1.807, 2.05) is 0 Å². The Kier molecular flexibility index (Phi) is 5.65. The van der Waals surface area contributed by atoms with Crippen LogP contribution in [0.4, 0.5) is 0 Å². The molecule has 0 aromatic rings. The van der Waals surface area contributed by atoms with Crippen molar-refractivity contribution in [3.05, 3.63) is 0 Å². The molecule has 0 bridgehead atoms. The Morgan fingerprint density at radius 2 is 2.07 bits per heavy atom. The van der Waals surface area contributed by atoms with Gasteiger partial charge in [0.1, 0.15) is 0 Å². The van der Waals surface area contributed by atoms with Crippen LogP contribution in [0.15, 0.2) is 0 Å². The molecule has 0 aromatic heterocycles. The van der Waals surface area contributed by atoms with E-state index in [0.29, 0.717) is 18.9 Å². The highest BCUT2D eigenvalue weighted by atomic mass is 16.5. The average Bonchev–Trinajstić information content (AvgIpc) is 2.25. The molecule has 1 aliphatic heterocycles. The molecule has 4 heteroatoms. The Balaban J connectivity index is 1.98. The predicted octanol–water partition coefficient (Wildman–Crippen LogP) is 0.481. The third-order valence-corrected chi connectivity index (χ3v) is 2.77. The van der Waals surface area contributed by atoms with Crippen molar-refractivity contribution in [1.29, 1.82) is 0 Å². The van der Waals surface area contributed by atoms with Gasteiger partial charge >= 0.3 is 0 Å². The molecule has 1 saturated heterocycles. The Labute approximate surface area is 92.0 Å². The molecular weight excluding hydrogens is 192 g/mol. The number of carbonyl (C=O) groups is 1. The summed E-state index contributed by atoms with van der Waals surface area (Å²) >= 11 is 0. The van der Waals surface area contributed by atoms with Crippen molar-refractivity contribution in [2.24, 2.45) is 5.92 Å². The quantitative estimate of drug-likeness (QED) is 0.677. The maximum absolute atomic E-state index is 11.2. The van der Waals surface area contributed by atoms with Crippen LogP contribution in [0.3, 0.4) is 0 Å². The summed E-state index contributed by atoms with van der Waals surface area (Å²) in [5.41, 5.74) is 0. The zero-order valence-corrected chi connectivity index (χ0v) is 9.79. The fourth-order valence-corrected chi connectivity index (χ4v) is 1.68. The molecule has 1 N–H and O–H groups in total. The average molecular weight is 214 g/mol. The molecule has 1 fully saturated rings. The van der Waals surface area contributed by atoms with Gasteiger partial charge in [0.15, 0.2) is 0 Å². The molecule has 0 atom stereocenters. The van der Waals surface area contributed by atoms with Crippen LogP contribution in [-0.4, -0.2) is 51.2 Å². The van der Waals surface area contributed by atoms with Gasteiger partial charge < -0.3 is 15.0 Å². The highest BCUT2D eigenvalue weighted by Gasteiger charge is 2.13. The fraction of sp³-hybridized carbons (Fsp3) is 0.909. The van der Waals surface area contributed by atoms with E-state index in [1.54, 1.807) is 19.0 Å². The van der Waals surface area contributed by atoms with Gasteiger partial charge in [-0.25, -0.2) is 0 Å². The van der Waals surface area contributed by atoms with E-state index in [0.717, 1.165) is 19.7 Å². The number of rotatable bonds is 5. The molecule has 1 heterocycles. The zero-order chi connectivity index (χ0) is 11.1. The molecular formula is C11H22N2O2. The smallest absolute Gasteiger partial charge is 0.224 e. The molecule has 15 heavy (non-hydrogen) atoms. The topological polar surface area (TPSA) is 41.6 Å². The molecule has 0 saturated carbocycles. The molecule has 0 aromatic carbocycles. The van der Waals surface area contributed by atoms with Crippen LogP contribution in [0.1, 0.15) is 19.3 Å². The van der Waals surface area contributed by atoms with E-state index in [1.165, 1.54) is 12.8 Å². The van der Waals surface area contributed by atoms with Crippen molar-refractivity contribution in [2.45, 2.75) is 19.3 Å². The van der Waals surface area contributed by atoms with Gasteiger partial charge in [0.05, 0.1) is 13.0 Å². The second-order valence-electron chi connectivity index (χ2n) is 4.31. The third-order valence-electron chi connectivity index (χ3n) is 2.77. The van der Waals surface area contributed by atoms with Crippen LogP contribution < -0.4 is 5.32 Å². The number of piperidine rings is 1. The summed E-state index contributed by atoms with van der Waals surface area (Å²) in [5, 5.41) is 3.32. The van der Waals surface area contributed by atoms with Gasteiger partial charge in [-0.05, 0) is 31.8 Å². The fourth-order valence-electron chi connectivity index (χ4n) is 1.68. The first kappa shape index (κ1) is 12.5. The van der Waals surface area contributed by atoms with Crippen LogP contribution in [0.2, 0.25) is 0 Å². The standard InChI is InChI=1S/C11H22N2O2/c1-13(2)11(14)5-8-15-9-10-3-6-12-7-4-10/h10,12H,3-9H2,1-2H3. The monoisotopic (exact) mass is 214 g/mol. The van der Waals surface area contributed by atoms with Crippen molar-refractivity contribution >= 4 is 5.91 Å². The lowest BCUT2D eigenvalue weighted by molar-refractivity contribution is -0.129. The second-order valence-corrected chi connectivity index (χ2v) is 4.31. The molecule has 4 nitrogen and oxygen atoms in total. The van der Waals surface area contributed by atoms with Gasteiger partial charge in [-0.3, -0.25) is 4.79 Å². The Hall–Kier alpha value is -0.610. The predicted molar refractivity (Wildman–Crippen MR) is 59.7 cm³/mol. The highest BCUT2D eigenvalue weighted by molar-refractivity contribution is 5.75. The largest absolute Gasteiger partial charge is 0.381 e. The number of hydrogen-bond donors (Lipinski definition) is 1. The van der Waals surface area contributed by atoms with Gasteiger partial charge in [0.2, 0.25) is 5.91 Å². The number of nitrogens with one attached hydrogen (secondary N) is 1. The maximum Gasteiger partial charge on any atom is 0.224 e. The van der Waals surface area contributed by atoms with Gasteiger partial charge in [0.25, 0.3) is 0 Å². The number of carbonyl (C=O) groups excluding carboxylic acids is 1. The van der Waals surface area contributed by atoms with Crippen molar-refractivity contribution in [1.82, 2.24) is 10.2 Å². The molecule has 1 aliphatic rings. The van der Waals surface area contributed by atoms with E-state index in [-0.39, 0.29) is 5.91 Å². The normalized spacial score (nSPS) is 17.7. The van der Waals surface area contributed by atoms with E-state index < -0.39 is 0 Å². The Morgan fingerprint density at radius 3 is 2.67 bits per heavy atom. The van der Waals surface area contributed by atoms with Crippen molar-refractivity contribution in [2.75, 3.05) is 40.4 Å².